The molecule has 0 N–H and O–H groups in total. The SMILES string of the molecule is CN1CCN(CC2=CC=C3OCO[C@@H]3C2)CC1. The molecule has 2 aliphatic heterocycles. The molecule has 1 aliphatic carbocycles. The summed E-state index contributed by atoms with van der Waals surface area (Å²) in [7, 11) is 2.19. The number of likely N-dealkylation sites (N-methyl/N-ethyl adjacent to an activating group) is 1. The van der Waals surface area contributed by atoms with Crippen molar-refractivity contribution in [3.63, 3.8) is 0 Å². The van der Waals surface area contributed by atoms with Crippen LogP contribution in [0.2, 0.25) is 0 Å². The van der Waals surface area contributed by atoms with Gasteiger partial charge in [-0.25, -0.2) is 0 Å². The number of allylic oxidation sites excluding steroid dienone is 2. The van der Waals surface area contributed by atoms with E-state index in [1.807, 2.05) is 0 Å². The number of hydrogen-bond donors (Lipinski definition) is 0. The normalized spacial score (nSPS) is 30.5. The molecular formula is C13H20N2O2. The van der Waals surface area contributed by atoms with Gasteiger partial charge in [-0.1, -0.05) is 11.6 Å². The highest BCUT2D eigenvalue weighted by Gasteiger charge is 2.27. The average Bonchev–Trinajstić information content (AvgIpc) is 2.79. The van der Waals surface area contributed by atoms with Crippen LogP contribution in [0, 0.1) is 0 Å². The zero-order valence-corrected chi connectivity index (χ0v) is 10.4. The Labute approximate surface area is 102 Å². The minimum atomic E-state index is 0.183. The third-order valence-corrected chi connectivity index (χ3v) is 3.77. The molecule has 2 heterocycles. The van der Waals surface area contributed by atoms with Gasteiger partial charge in [0.15, 0.2) is 6.79 Å². The molecule has 0 aromatic rings. The standard InChI is InChI=1S/C13H20N2O2/c1-14-4-6-15(7-5-14)9-11-2-3-12-13(8-11)17-10-16-12/h2-3,13H,4-10H2,1H3/t13-/m1/s1. The number of nitrogens with zero attached hydrogens (tertiary/aromatic N) is 2. The van der Waals surface area contributed by atoms with Crippen molar-refractivity contribution in [3.8, 4) is 0 Å². The molecule has 0 amide bonds. The van der Waals surface area contributed by atoms with Gasteiger partial charge in [-0.3, -0.25) is 4.90 Å². The van der Waals surface area contributed by atoms with Gasteiger partial charge in [0, 0.05) is 39.1 Å². The van der Waals surface area contributed by atoms with Crippen LogP contribution in [0.25, 0.3) is 0 Å². The minimum absolute atomic E-state index is 0.183. The van der Waals surface area contributed by atoms with Crippen LogP contribution < -0.4 is 0 Å². The molecule has 0 radical (unpaired) electrons. The summed E-state index contributed by atoms with van der Waals surface area (Å²) in [6.07, 6.45) is 5.46. The number of fused-ring (bicyclic) bond motifs is 1. The molecule has 0 aromatic carbocycles. The number of piperazine rings is 1. The molecule has 1 atom stereocenters. The Bertz CT molecular complexity index is 343. The molecule has 4 nitrogen and oxygen atoms in total. The molecule has 0 spiro atoms. The maximum absolute atomic E-state index is 5.54. The van der Waals surface area contributed by atoms with Gasteiger partial charge in [-0.2, -0.15) is 0 Å². The molecule has 3 rings (SSSR count). The molecule has 94 valence electrons. The topological polar surface area (TPSA) is 24.9 Å². The molecule has 0 aromatic heterocycles. The first kappa shape index (κ1) is 11.3. The Hall–Kier alpha value is -0.840. The molecule has 0 bridgehead atoms. The van der Waals surface area contributed by atoms with E-state index in [-0.39, 0.29) is 6.10 Å². The van der Waals surface area contributed by atoms with Crippen molar-refractivity contribution in [2.45, 2.75) is 12.5 Å². The highest BCUT2D eigenvalue weighted by molar-refractivity contribution is 5.26. The van der Waals surface area contributed by atoms with Crippen LogP contribution >= 0.6 is 0 Å². The third kappa shape index (κ3) is 2.54. The molecule has 4 heteroatoms. The lowest BCUT2D eigenvalue weighted by Crippen LogP contribution is -2.45. The van der Waals surface area contributed by atoms with Crippen LogP contribution in [0.4, 0.5) is 0 Å². The second kappa shape index (κ2) is 4.80. The van der Waals surface area contributed by atoms with E-state index in [1.165, 1.54) is 31.8 Å². The van der Waals surface area contributed by atoms with E-state index in [1.54, 1.807) is 0 Å². The van der Waals surface area contributed by atoms with Gasteiger partial charge in [-0.05, 0) is 13.1 Å². The van der Waals surface area contributed by atoms with Crippen LogP contribution in [-0.4, -0.2) is 62.5 Å². The van der Waals surface area contributed by atoms with Crippen LogP contribution in [0.5, 0.6) is 0 Å². The zero-order valence-electron chi connectivity index (χ0n) is 10.4. The summed E-state index contributed by atoms with van der Waals surface area (Å²) in [5.74, 6) is 1.01. The Morgan fingerprint density at radius 3 is 2.88 bits per heavy atom. The van der Waals surface area contributed by atoms with Gasteiger partial charge < -0.3 is 14.4 Å². The Kier molecular flexibility index (Phi) is 3.18. The summed E-state index contributed by atoms with van der Waals surface area (Å²) in [4.78, 5) is 4.91. The Balaban J connectivity index is 1.56. The summed E-state index contributed by atoms with van der Waals surface area (Å²) < 4.78 is 10.9. The van der Waals surface area contributed by atoms with Crippen LogP contribution in [0.15, 0.2) is 23.5 Å². The number of rotatable bonds is 2. The first-order valence-corrected chi connectivity index (χ1v) is 6.36. The smallest absolute Gasteiger partial charge is 0.189 e. The maximum Gasteiger partial charge on any atom is 0.189 e. The lowest BCUT2D eigenvalue weighted by Gasteiger charge is -2.33. The van der Waals surface area contributed by atoms with E-state index in [2.05, 4.69) is 29.0 Å². The maximum atomic E-state index is 5.54. The predicted molar refractivity (Wildman–Crippen MR) is 65.5 cm³/mol. The highest BCUT2D eigenvalue weighted by Crippen LogP contribution is 2.27. The van der Waals surface area contributed by atoms with Gasteiger partial charge in [0.25, 0.3) is 0 Å². The van der Waals surface area contributed by atoms with E-state index in [9.17, 15) is 0 Å². The van der Waals surface area contributed by atoms with E-state index >= 15 is 0 Å². The van der Waals surface area contributed by atoms with Gasteiger partial charge >= 0.3 is 0 Å². The summed E-state index contributed by atoms with van der Waals surface area (Å²) in [5, 5.41) is 0. The van der Waals surface area contributed by atoms with Gasteiger partial charge in [0.05, 0.1) is 0 Å². The fourth-order valence-electron chi connectivity index (χ4n) is 2.59. The fraction of sp³-hybridized carbons (Fsp3) is 0.692. The van der Waals surface area contributed by atoms with Crippen LogP contribution in [-0.2, 0) is 9.47 Å². The number of ether oxygens (including phenoxy) is 2. The summed E-state index contributed by atoms with van der Waals surface area (Å²) >= 11 is 0. The molecular weight excluding hydrogens is 216 g/mol. The zero-order chi connectivity index (χ0) is 11.7. The molecule has 3 aliphatic rings. The van der Waals surface area contributed by atoms with Crippen molar-refractivity contribution in [1.29, 1.82) is 0 Å². The Morgan fingerprint density at radius 1 is 1.24 bits per heavy atom. The van der Waals surface area contributed by atoms with E-state index in [0.29, 0.717) is 6.79 Å². The largest absolute Gasteiger partial charge is 0.469 e. The lowest BCUT2D eigenvalue weighted by molar-refractivity contribution is 0.0493. The Morgan fingerprint density at radius 2 is 2.06 bits per heavy atom. The van der Waals surface area contributed by atoms with Crippen molar-refractivity contribution >= 4 is 0 Å². The summed E-state index contributed by atoms with van der Waals surface area (Å²) in [6.45, 7) is 6.21. The van der Waals surface area contributed by atoms with Gasteiger partial charge in [0.2, 0.25) is 0 Å². The van der Waals surface area contributed by atoms with Crippen molar-refractivity contribution in [2.24, 2.45) is 0 Å². The second-order valence-electron chi connectivity index (χ2n) is 5.09. The fourth-order valence-corrected chi connectivity index (χ4v) is 2.59. The molecule has 17 heavy (non-hydrogen) atoms. The van der Waals surface area contributed by atoms with E-state index in [0.717, 1.165) is 18.7 Å². The molecule has 0 unspecified atom stereocenters. The van der Waals surface area contributed by atoms with Gasteiger partial charge in [-0.15, -0.1) is 0 Å². The van der Waals surface area contributed by atoms with Crippen LogP contribution in [0.3, 0.4) is 0 Å². The minimum Gasteiger partial charge on any atom is -0.469 e. The van der Waals surface area contributed by atoms with E-state index in [4.69, 9.17) is 9.47 Å². The predicted octanol–water partition coefficient (Wildman–Crippen LogP) is 0.821. The second-order valence-corrected chi connectivity index (χ2v) is 5.09. The molecule has 2 saturated heterocycles. The lowest BCUT2D eigenvalue weighted by atomic mass is 10.0. The monoisotopic (exact) mass is 236 g/mol. The average molecular weight is 236 g/mol. The number of hydrogen-bond acceptors (Lipinski definition) is 4. The van der Waals surface area contributed by atoms with Crippen LogP contribution in [0.1, 0.15) is 6.42 Å². The van der Waals surface area contributed by atoms with Crippen molar-refractivity contribution in [2.75, 3.05) is 46.6 Å². The summed E-state index contributed by atoms with van der Waals surface area (Å²) in [5.41, 5.74) is 1.47. The quantitative estimate of drug-likeness (QED) is 0.709. The molecule has 2 fully saturated rings. The van der Waals surface area contributed by atoms with Crippen molar-refractivity contribution in [3.05, 3.63) is 23.5 Å². The first-order valence-electron chi connectivity index (χ1n) is 6.36. The summed E-state index contributed by atoms with van der Waals surface area (Å²) in [6, 6.07) is 0. The first-order chi connectivity index (χ1) is 8.31. The van der Waals surface area contributed by atoms with Crippen molar-refractivity contribution < 1.29 is 9.47 Å². The third-order valence-electron chi connectivity index (χ3n) is 3.77. The van der Waals surface area contributed by atoms with E-state index < -0.39 is 0 Å². The highest BCUT2D eigenvalue weighted by atomic mass is 16.7. The van der Waals surface area contributed by atoms with Gasteiger partial charge in [0.1, 0.15) is 11.9 Å². The van der Waals surface area contributed by atoms with Crippen molar-refractivity contribution in [1.82, 2.24) is 9.80 Å². The molecule has 0 saturated carbocycles.